The summed E-state index contributed by atoms with van der Waals surface area (Å²) < 4.78 is 1.15. The van der Waals surface area contributed by atoms with Gasteiger partial charge in [0.25, 0.3) is 0 Å². The van der Waals surface area contributed by atoms with Gasteiger partial charge in [0.05, 0.1) is 12.2 Å². The zero-order valence-corrected chi connectivity index (χ0v) is 32.6. The van der Waals surface area contributed by atoms with Gasteiger partial charge >= 0.3 is 6.03 Å². The van der Waals surface area contributed by atoms with Crippen LogP contribution in [0.25, 0.3) is 0 Å². The molecule has 6 rings (SSSR count). The van der Waals surface area contributed by atoms with Crippen LogP contribution in [0.2, 0.25) is 0 Å². The van der Waals surface area contributed by atoms with E-state index in [-0.39, 0.29) is 42.6 Å². The van der Waals surface area contributed by atoms with Crippen LogP contribution in [0.1, 0.15) is 54.4 Å². The summed E-state index contributed by atoms with van der Waals surface area (Å²) in [5, 5.41) is 6.01. The number of carbonyl (C=O) groups is 4. The number of likely N-dealkylation sites (N-methyl/N-ethyl adjacent to an activating group) is 1. The van der Waals surface area contributed by atoms with E-state index >= 15 is 0 Å². The van der Waals surface area contributed by atoms with E-state index in [2.05, 4.69) is 64.2 Å². The van der Waals surface area contributed by atoms with E-state index in [1.54, 1.807) is 17.0 Å². The zero-order chi connectivity index (χ0) is 36.1. The standard InChI is InChI=1S/C37H50Br2N8O4/c1-43-12-4-13-45(20-19-43)27-8-14-44(15-9-27)24-34(49)41-32(23-33(48)26-21-29(38)35(40)30(39)22-26)36(50)46-16-10-28(11-17-46)47-18-7-25-5-2-3-6-31(25)42-37(47)51/h2-3,5-6,21-22,27-28,32H,4,7-20,23-24,40H2,1H3,(H,41,49)(H,42,51). The summed E-state index contributed by atoms with van der Waals surface area (Å²) in [5.41, 5.74) is 8.88. The average molecular weight is 831 g/mol. The Morgan fingerprint density at radius 3 is 2.31 bits per heavy atom. The fraction of sp³-hybridized carbons (Fsp3) is 0.568. The third kappa shape index (κ3) is 9.50. The molecule has 12 nitrogen and oxygen atoms in total. The van der Waals surface area contributed by atoms with Crippen molar-refractivity contribution in [2.24, 2.45) is 0 Å². The van der Waals surface area contributed by atoms with Gasteiger partial charge in [-0.2, -0.15) is 0 Å². The predicted molar refractivity (Wildman–Crippen MR) is 206 cm³/mol. The molecule has 1 unspecified atom stereocenters. The number of ketones is 1. The smallest absolute Gasteiger partial charge is 0.322 e. The van der Waals surface area contributed by atoms with Crippen molar-refractivity contribution in [2.75, 3.05) is 83.5 Å². The molecule has 51 heavy (non-hydrogen) atoms. The molecule has 4 amide bonds. The maximum absolute atomic E-state index is 14.1. The van der Waals surface area contributed by atoms with Crippen molar-refractivity contribution in [1.29, 1.82) is 0 Å². The Labute approximate surface area is 317 Å². The summed E-state index contributed by atoms with van der Waals surface area (Å²) in [7, 11) is 2.18. The Kier molecular flexibility index (Phi) is 12.7. The van der Waals surface area contributed by atoms with E-state index in [0.29, 0.717) is 58.7 Å². The number of likely N-dealkylation sites (tertiary alicyclic amines) is 2. The lowest BCUT2D eigenvalue weighted by molar-refractivity contribution is -0.138. The van der Waals surface area contributed by atoms with Crippen molar-refractivity contribution >= 4 is 66.9 Å². The summed E-state index contributed by atoms with van der Waals surface area (Å²) in [6, 6.07) is 10.5. The van der Waals surface area contributed by atoms with Crippen LogP contribution in [0.3, 0.4) is 0 Å². The molecule has 4 aliphatic heterocycles. The van der Waals surface area contributed by atoms with Gasteiger partial charge in [0, 0.05) is 84.5 Å². The maximum atomic E-state index is 14.1. The molecular formula is C37H50Br2N8O4. The number of piperidine rings is 2. The minimum absolute atomic E-state index is 0.0133. The molecular weight excluding hydrogens is 780 g/mol. The Morgan fingerprint density at radius 2 is 1.59 bits per heavy atom. The van der Waals surface area contributed by atoms with Crippen LogP contribution in [-0.4, -0.2) is 139 Å². The van der Waals surface area contributed by atoms with Crippen LogP contribution in [0.15, 0.2) is 45.3 Å². The number of nitrogens with one attached hydrogen (secondary N) is 2. The topological polar surface area (TPSA) is 135 Å². The Bertz CT molecular complexity index is 1570. The van der Waals surface area contributed by atoms with E-state index < -0.39 is 6.04 Å². The van der Waals surface area contributed by atoms with Gasteiger partial charge < -0.3 is 31.1 Å². The Morgan fingerprint density at radius 1 is 0.902 bits per heavy atom. The van der Waals surface area contributed by atoms with Crippen molar-refractivity contribution < 1.29 is 19.2 Å². The first-order chi connectivity index (χ1) is 24.5. The summed E-state index contributed by atoms with van der Waals surface area (Å²) in [6.07, 6.45) is 5.01. The maximum Gasteiger partial charge on any atom is 0.322 e. The van der Waals surface area contributed by atoms with Crippen LogP contribution in [0.4, 0.5) is 16.2 Å². The number of nitrogens with two attached hydrogens (primary N) is 1. The number of nitrogen functional groups attached to an aromatic ring is 1. The van der Waals surface area contributed by atoms with Crippen molar-refractivity contribution in [3.8, 4) is 0 Å². The van der Waals surface area contributed by atoms with Crippen molar-refractivity contribution in [3.05, 3.63) is 56.5 Å². The quantitative estimate of drug-likeness (QED) is 0.255. The van der Waals surface area contributed by atoms with E-state index in [1.165, 1.54) is 6.42 Å². The second kappa shape index (κ2) is 17.2. The highest BCUT2D eigenvalue weighted by atomic mass is 79.9. The van der Waals surface area contributed by atoms with Crippen LogP contribution in [-0.2, 0) is 16.0 Å². The Hall–Kier alpha value is -3.04. The molecule has 3 fully saturated rings. The molecule has 0 saturated carbocycles. The number of carbonyl (C=O) groups excluding carboxylic acids is 4. The molecule has 2 aromatic rings. The molecule has 4 heterocycles. The number of anilines is 2. The number of para-hydroxylation sites is 1. The highest BCUT2D eigenvalue weighted by Gasteiger charge is 2.35. The van der Waals surface area contributed by atoms with Gasteiger partial charge in [-0.25, -0.2) is 4.79 Å². The number of Topliss-reactive ketones (excluding diaryl/α,β-unsaturated/α-hetero) is 1. The molecule has 4 N–H and O–H groups in total. The van der Waals surface area contributed by atoms with Crippen LogP contribution >= 0.6 is 31.9 Å². The van der Waals surface area contributed by atoms with Gasteiger partial charge in [0.15, 0.2) is 5.78 Å². The van der Waals surface area contributed by atoms with Crippen LogP contribution in [0.5, 0.6) is 0 Å². The number of hydrogen-bond donors (Lipinski definition) is 3. The molecule has 276 valence electrons. The van der Waals surface area contributed by atoms with Gasteiger partial charge in [0.2, 0.25) is 11.8 Å². The van der Waals surface area contributed by atoms with E-state index in [0.717, 1.165) is 69.8 Å². The van der Waals surface area contributed by atoms with Crippen LogP contribution < -0.4 is 16.4 Å². The first-order valence-corrected chi connectivity index (χ1v) is 19.8. The van der Waals surface area contributed by atoms with Gasteiger partial charge in [-0.15, -0.1) is 0 Å². The average Bonchev–Trinajstić information content (AvgIpc) is 3.45. The van der Waals surface area contributed by atoms with Gasteiger partial charge in [-0.05, 0) is 114 Å². The molecule has 0 bridgehead atoms. The largest absolute Gasteiger partial charge is 0.397 e. The van der Waals surface area contributed by atoms with Crippen molar-refractivity contribution in [2.45, 2.75) is 63.1 Å². The minimum atomic E-state index is -1.01. The molecule has 0 aromatic heterocycles. The third-order valence-electron chi connectivity index (χ3n) is 11.0. The normalized spacial score (nSPS) is 21.0. The molecule has 4 aliphatic rings. The zero-order valence-electron chi connectivity index (χ0n) is 29.4. The fourth-order valence-corrected chi connectivity index (χ4v) is 9.11. The van der Waals surface area contributed by atoms with Crippen molar-refractivity contribution in [1.82, 2.24) is 29.8 Å². The summed E-state index contributed by atoms with van der Waals surface area (Å²) >= 11 is 6.83. The molecule has 2 aromatic carbocycles. The number of halogens is 2. The summed E-state index contributed by atoms with van der Waals surface area (Å²) in [5.74, 6) is -0.803. The molecule has 1 atom stereocenters. The minimum Gasteiger partial charge on any atom is -0.397 e. The second-order valence-electron chi connectivity index (χ2n) is 14.4. The first kappa shape index (κ1) is 37.7. The van der Waals surface area contributed by atoms with Gasteiger partial charge in [-0.3, -0.25) is 24.2 Å². The molecule has 0 aliphatic carbocycles. The molecule has 0 spiro atoms. The SMILES string of the molecule is CN1CCCN(C2CCN(CC(=O)NC(CC(=O)c3cc(Br)c(N)c(Br)c3)C(=O)N3CCC(N4CCc5ccccc5NC4=O)CC3)CC2)CC1. The summed E-state index contributed by atoms with van der Waals surface area (Å²) in [4.78, 5) is 65.2. The lowest BCUT2D eigenvalue weighted by Crippen LogP contribution is -2.56. The molecule has 3 saturated heterocycles. The number of nitrogens with zero attached hydrogens (tertiary/aromatic N) is 5. The molecule has 14 heteroatoms. The first-order valence-electron chi connectivity index (χ1n) is 18.2. The second-order valence-corrected chi connectivity index (χ2v) is 16.1. The lowest BCUT2D eigenvalue weighted by Gasteiger charge is -2.39. The van der Waals surface area contributed by atoms with Gasteiger partial charge in [-0.1, -0.05) is 18.2 Å². The van der Waals surface area contributed by atoms with E-state index in [9.17, 15) is 19.2 Å². The summed E-state index contributed by atoms with van der Waals surface area (Å²) in [6.45, 7) is 7.70. The van der Waals surface area contributed by atoms with Crippen molar-refractivity contribution in [3.63, 3.8) is 0 Å². The number of hydrogen-bond acceptors (Lipinski definition) is 8. The number of benzene rings is 2. The monoisotopic (exact) mass is 828 g/mol. The Balaban J connectivity index is 1.07. The third-order valence-corrected chi connectivity index (χ3v) is 12.3. The predicted octanol–water partition coefficient (Wildman–Crippen LogP) is 4.03. The van der Waals surface area contributed by atoms with Gasteiger partial charge in [0.1, 0.15) is 6.04 Å². The van der Waals surface area contributed by atoms with Crippen LogP contribution in [0, 0.1) is 0 Å². The lowest BCUT2D eigenvalue weighted by atomic mass is 9.99. The highest BCUT2D eigenvalue weighted by Crippen LogP contribution is 2.31. The fourth-order valence-electron chi connectivity index (χ4n) is 7.92. The highest BCUT2D eigenvalue weighted by molar-refractivity contribution is 9.11. The van der Waals surface area contributed by atoms with E-state index in [1.807, 2.05) is 29.2 Å². The number of rotatable bonds is 9. The molecule has 0 radical (unpaired) electrons. The van der Waals surface area contributed by atoms with E-state index in [4.69, 9.17) is 5.73 Å². The number of urea groups is 1. The number of amides is 4. The number of fused-ring (bicyclic) bond motifs is 1.